The first-order valence-corrected chi connectivity index (χ1v) is 40.3. The fourth-order valence-corrected chi connectivity index (χ4v) is 17.7. The van der Waals surface area contributed by atoms with Crippen LogP contribution in [-0.2, 0) is 0 Å². The highest BCUT2D eigenvalue weighted by Gasteiger charge is 2.27. The first-order valence-electron chi connectivity index (χ1n) is 40.3. The molecule has 0 unspecified atom stereocenters. The molecule has 20 rings (SSSR count). The van der Waals surface area contributed by atoms with Gasteiger partial charge in [-0.15, -0.1) is 0 Å². The number of rotatable bonds is 16. The van der Waals surface area contributed by atoms with Crippen molar-refractivity contribution >= 4 is 133 Å². The van der Waals surface area contributed by atoms with Gasteiger partial charge >= 0.3 is 0 Å². The van der Waals surface area contributed by atoms with Crippen molar-refractivity contribution in [2.45, 2.75) is 55.4 Å². The highest BCUT2D eigenvalue weighted by Crippen LogP contribution is 2.52. The number of benzene rings is 20. The molecule has 0 bridgehead atoms. The van der Waals surface area contributed by atoms with Gasteiger partial charge in [-0.2, -0.15) is 0 Å². The quantitative estimate of drug-likeness (QED) is 0.0894. The van der Waals surface area contributed by atoms with Crippen LogP contribution < -0.4 is 19.6 Å². The van der Waals surface area contributed by atoms with E-state index in [9.17, 15) is 0 Å². The molecule has 0 radical (unpaired) electrons. The van der Waals surface area contributed by atoms with Gasteiger partial charge in [-0.1, -0.05) is 278 Å². The van der Waals surface area contributed by atoms with Crippen molar-refractivity contribution < 1.29 is 0 Å². The summed E-state index contributed by atoms with van der Waals surface area (Å²) in [7, 11) is 0. The second-order valence-corrected chi connectivity index (χ2v) is 31.3. The van der Waals surface area contributed by atoms with Gasteiger partial charge in [0, 0.05) is 67.0 Å². The third-order valence-corrected chi connectivity index (χ3v) is 23.5. The SMILES string of the molecule is Cc1ccc(N(c2ccc(-c3ccccc3)cc2C)c2ccc3ccc4c(N(c5ccc(C)cc5)c5ccc(-c6ccccc6)cc5C)ccc5ccc2c3c54)cc1.Cc1cccc(N(c2ccc(-c3ccccc3)cc2C)c2ccc3ccc4c(N(c5cccc(C)c5)c5ccc(-c6ccccc6)cc5C)ccc5ccc2c3c54)c1. The Balaban J connectivity index is 0.000000155. The van der Waals surface area contributed by atoms with E-state index in [-0.39, 0.29) is 0 Å². The summed E-state index contributed by atoms with van der Waals surface area (Å²) in [5.41, 5.74) is 33.5. The lowest BCUT2D eigenvalue weighted by Crippen LogP contribution is -2.13. The minimum atomic E-state index is 1.14. The van der Waals surface area contributed by atoms with Crippen molar-refractivity contribution in [1.82, 2.24) is 0 Å². The maximum Gasteiger partial charge on any atom is 0.0540 e. The summed E-state index contributed by atoms with van der Waals surface area (Å²) in [5.74, 6) is 0. The third-order valence-electron chi connectivity index (χ3n) is 23.5. The normalized spacial score (nSPS) is 11.4. The molecule has 0 spiro atoms. The summed E-state index contributed by atoms with van der Waals surface area (Å²) in [6, 6.07) is 143. The molecule has 0 aromatic heterocycles. The lowest BCUT2D eigenvalue weighted by atomic mass is 9.91. The van der Waals surface area contributed by atoms with Gasteiger partial charge in [0.2, 0.25) is 0 Å². The van der Waals surface area contributed by atoms with E-state index in [0.29, 0.717) is 0 Å². The molecule has 20 aromatic rings. The maximum atomic E-state index is 2.46. The van der Waals surface area contributed by atoms with Crippen LogP contribution in [0.4, 0.5) is 68.2 Å². The molecule has 0 aliphatic heterocycles. The van der Waals surface area contributed by atoms with Crippen LogP contribution in [0.5, 0.6) is 0 Å². The van der Waals surface area contributed by atoms with Gasteiger partial charge in [-0.05, 0) is 298 Å². The Kier molecular flexibility index (Phi) is 18.8. The van der Waals surface area contributed by atoms with E-state index in [2.05, 4.69) is 463 Å². The second kappa shape index (κ2) is 30.3. The van der Waals surface area contributed by atoms with Gasteiger partial charge in [0.25, 0.3) is 0 Å². The zero-order valence-corrected chi connectivity index (χ0v) is 66.7. The fraction of sp³-hybridized carbons (Fsp3) is 0.0714. The largest absolute Gasteiger partial charge is 0.310 e. The standard InChI is InChI=1S/2C56H44N2/c1-37-13-11-19-47(33-37)57(51-29-25-45(35-39(51)3)41-15-7-5-8-16-41)53-31-23-43-22-28-50-54(32-24-44-21-27-49(53)55(43)56(44)50)58(48-20-12-14-38(2)34-48)52-30-26-46(36-40(52)4)42-17-9-6-10-18-42;1-37-15-25-47(26-16-37)57(51-31-23-45(35-39(51)3)41-11-7-5-8-12-41)53-33-21-43-20-30-50-54(34-22-44-19-29-49(53)55(43)56(44)50)58(48-27-17-38(2)18-28-48)52-32-24-46(36-40(52)4)42-13-9-6-10-14-42/h2*5-36H,1-4H3. The van der Waals surface area contributed by atoms with Crippen LogP contribution >= 0.6 is 0 Å². The predicted molar refractivity (Wildman–Crippen MR) is 499 cm³/mol. The zero-order valence-electron chi connectivity index (χ0n) is 66.7. The van der Waals surface area contributed by atoms with Crippen LogP contribution in [0.25, 0.3) is 109 Å². The van der Waals surface area contributed by atoms with Crippen molar-refractivity contribution in [3.8, 4) is 44.5 Å². The number of anilines is 12. The minimum Gasteiger partial charge on any atom is -0.310 e. The molecule has 0 fully saturated rings. The molecule has 0 atom stereocenters. The summed E-state index contributed by atoms with van der Waals surface area (Å²) in [6.45, 7) is 17.6. The number of hydrogen-bond donors (Lipinski definition) is 0. The molecule has 0 saturated carbocycles. The molecule has 4 heteroatoms. The molecule has 20 aromatic carbocycles. The molecule has 556 valence electrons. The molecular weight excluding hydrogens is 1400 g/mol. The summed E-state index contributed by atoms with van der Waals surface area (Å²) < 4.78 is 0. The molecule has 0 amide bonds. The Morgan fingerprint density at radius 2 is 0.379 bits per heavy atom. The Morgan fingerprint density at radius 3 is 0.621 bits per heavy atom. The minimum absolute atomic E-state index is 1.14. The smallest absolute Gasteiger partial charge is 0.0540 e. The highest BCUT2D eigenvalue weighted by molar-refractivity contribution is 6.30. The van der Waals surface area contributed by atoms with Crippen molar-refractivity contribution in [3.63, 3.8) is 0 Å². The van der Waals surface area contributed by atoms with Crippen LogP contribution in [0, 0.1) is 55.4 Å². The van der Waals surface area contributed by atoms with E-state index in [1.54, 1.807) is 0 Å². The van der Waals surface area contributed by atoms with E-state index in [1.807, 2.05) is 0 Å². The number of aryl methyl sites for hydroxylation is 8. The van der Waals surface area contributed by atoms with E-state index in [4.69, 9.17) is 0 Å². The predicted octanol–water partition coefficient (Wildman–Crippen LogP) is 32.2. The van der Waals surface area contributed by atoms with Crippen LogP contribution in [0.2, 0.25) is 0 Å². The van der Waals surface area contributed by atoms with E-state index < -0.39 is 0 Å². The molecule has 0 aliphatic carbocycles. The summed E-state index contributed by atoms with van der Waals surface area (Å²) in [6.07, 6.45) is 0. The van der Waals surface area contributed by atoms with Crippen molar-refractivity contribution in [2.24, 2.45) is 0 Å². The second-order valence-electron chi connectivity index (χ2n) is 31.3. The average Bonchev–Trinajstić information content (AvgIpc) is 0.722. The average molecular weight is 1490 g/mol. The Labute approximate surface area is 680 Å². The van der Waals surface area contributed by atoms with Crippen molar-refractivity contribution in [2.75, 3.05) is 19.6 Å². The Hall–Kier alpha value is -14.3. The summed E-state index contributed by atoms with van der Waals surface area (Å²) in [5, 5.41) is 15.0. The Morgan fingerprint density at radius 1 is 0.147 bits per heavy atom. The van der Waals surface area contributed by atoms with Crippen molar-refractivity contribution in [1.29, 1.82) is 0 Å². The summed E-state index contributed by atoms with van der Waals surface area (Å²) >= 11 is 0. The lowest BCUT2D eigenvalue weighted by molar-refractivity contribution is 1.25. The number of hydrogen-bond acceptors (Lipinski definition) is 4. The molecule has 0 heterocycles. The molecule has 4 nitrogen and oxygen atoms in total. The van der Waals surface area contributed by atoms with E-state index in [1.165, 1.54) is 176 Å². The van der Waals surface area contributed by atoms with Crippen molar-refractivity contribution in [3.05, 3.63) is 433 Å². The monoisotopic (exact) mass is 1490 g/mol. The van der Waals surface area contributed by atoms with Crippen LogP contribution in [0.1, 0.15) is 44.5 Å². The number of nitrogens with zero attached hydrogens (tertiary/aromatic N) is 4. The van der Waals surface area contributed by atoms with Crippen LogP contribution in [-0.4, -0.2) is 0 Å². The molecule has 116 heavy (non-hydrogen) atoms. The zero-order chi connectivity index (χ0) is 78.7. The highest BCUT2D eigenvalue weighted by atomic mass is 15.2. The summed E-state index contributed by atoms with van der Waals surface area (Å²) in [4.78, 5) is 9.82. The van der Waals surface area contributed by atoms with Gasteiger partial charge < -0.3 is 19.6 Å². The van der Waals surface area contributed by atoms with Gasteiger partial charge in [0.05, 0.1) is 22.7 Å². The first-order chi connectivity index (χ1) is 56.8. The van der Waals surface area contributed by atoms with Gasteiger partial charge in [-0.3, -0.25) is 0 Å². The van der Waals surface area contributed by atoms with Crippen LogP contribution in [0.15, 0.2) is 388 Å². The van der Waals surface area contributed by atoms with Gasteiger partial charge in [-0.25, -0.2) is 0 Å². The maximum absolute atomic E-state index is 2.46. The first kappa shape index (κ1) is 72.0. The van der Waals surface area contributed by atoms with Gasteiger partial charge in [0.1, 0.15) is 0 Å². The fourth-order valence-electron chi connectivity index (χ4n) is 17.7. The molecule has 0 N–H and O–H groups in total. The lowest BCUT2D eigenvalue weighted by Gasteiger charge is -2.31. The van der Waals surface area contributed by atoms with Crippen LogP contribution in [0.3, 0.4) is 0 Å². The topological polar surface area (TPSA) is 13.0 Å². The molecule has 0 saturated heterocycles. The van der Waals surface area contributed by atoms with E-state index >= 15 is 0 Å². The van der Waals surface area contributed by atoms with E-state index in [0.717, 1.165) is 45.5 Å². The third kappa shape index (κ3) is 13.3. The van der Waals surface area contributed by atoms with Gasteiger partial charge in [0.15, 0.2) is 0 Å². The Bertz CT molecular complexity index is 6610. The molecule has 0 aliphatic rings. The molecular formula is C112H88N4.